The number of aryl methyl sites for hydroxylation is 1. The van der Waals surface area contributed by atoms with Gasteiger partial charge in [-0.05, 0) is 79.3 Å². The van der Waals surface area contributed by atoms with Crippen LogP contribution in [0, 0.1) is 11.7 Å². The standard InChI is InChI=1S/C24H19ClN4O3S/c1-15-5-3-4-6-20(15)26-27-21-22(30)28(17-9-7-16(25)8-10-17)24(33)29(23(21)31)18-11-13-19(32-2)14-12-18/h3-14,30H,1-2H3. The van der Waals surface area contributed by atoms with Gasteiger partial charge in [0.15, 0.2) is 4.77 Å². The Hall–Kier alpha value is -3.75. The van der Waals surface area contributed by atoms with E-state index in [0.29, 0.717) is 27.8 Å². The van der Waals surface area contributed by atoms with Gasteiger partial charge in [0.25, 0.3) is 5.56 Å². The Bertz CT molecular complexity index is 1460. The zero-order chi connectivity index (χ0) is 23.5. The number of aromatic nitrogens is 2. The van der Waals surface area contributed by atoms with Gasteiger partial charge in [-0.3, -0.25) is 13.9 Å². The molecule has 166 valence electrons. The fourth-order valence-corrected chi connectivity index (χ4v) is 3.74. The van der Waals surface area contributed by atoms with E-state index in [1.54, 1.807) is 61.7 Å². The Labute approximate surface area is 199 Å². The Morgan fingerprint density at radius 1 is 0.909 bits per heavy atom. The number of hydrogen-bond donors (Lipinski definition) is 1. The van der Waals surface area contributed by atoms with Crippen LogP contribution in [-0.4, -0.2) is 21.4 Å². The first-order valence-electron chi connectivity index (χ1n) is 9.89. The number of methoxy groups -OCH3 is 1. The number of ether oxygens (including phenoxy) is 1. The molecule has 0 unspecified atom stereocenters. The highest BCUT2D eigenvalue weighted by atomic mass is 35.5. The van der Waals surface area contributed by atoms with E-state index in [9.17, 15) is 9.90 Å². The van der Waals surface area contributed by atoms with Crippen molar-refractivity contribution in [3.05, 3.63) is 98.5 Å². The van der Waals surface area contributed by atoms with Crippen molar-refractivity contribution in [2.24, 2.45) is 10.2 Å². The molecule has 4 aromatic rings. The Balaban J connectivity index is 2.00. The third-order valence-electron chi connectivity index (χ3n) is 5.00. The summed E-state index contributed by atoms with van der Waals surface area (Å²) in [5.74, 6) is 0.205. The van der Waals surface area contributed by atoms with Crippen molar-refractivity contribution in [3.8, 4) is 23.0 Å². The molecule has 0 spiro atoms. The van der Waals surface area contributed by atoms with E-state index in [2.05, 4.69) is 10.2 Å². The maximum absolute atomic E-state index is 13.4. The van der Waals surface area contributed by atoms with Crippen LogP contribution in [0.4, 0.5) is 11.4 Å². The number of hydrogen-bond acceptors (Lipinski definition) is 6. The number of rotatable bonds is 5. The van der Waals surface area contributed by atoms with Crippen LogP contribution in [0.5, 0.6) is 11.6 Å². The van der Waals surface area contributed by atoms with Crippen molar-refractivity contribution >= 4 is 35.2 Å². The van der Waals surface area contributed by atoms with E-state index in [0.717, 1.165) is 5.56 Å². The molecule has 0 bridgehead atoms. The zero-order valence-corrected chi connectivity index (χ0v) is 19.3. The molecule has 0 saturated heterocycles. The third kappa shape index (κ3) is 4.44. The van der Waals surface area contributed by atoms with E-state index in [1.807, 2.05) is 25.1 Å². The maximum Gasteiger partial charge on any atom is 0.290 e. The largest absolute Gasteiger partial charge is 0.497 e. The Kier molecular flexibility index (Phi) is 6.39. The molecule has 1 heterocycles. The second kappa shape index (κ2) is 9.40. The molecule has 33 heavy (non-hydrogen) atoms. The van der Waals surface area contributed by atoms with Crippen LogP contribution in [0.1, 0.15) is 5.56 Å². The Morgan fingerprint density at radius 2 is 1.52 bits per heavy atom. The first kappa shape index (κ1) is 22.4. The van der Waals surface area contributed by atoms with Crippen molar-refractivity contribution in [2.45, 2.75) is 6.92 Å². The first-order chi connectivity index (χ1) is 15.9. The van der Waals surface area contributed by atoms with Gasteiger partial charge < -0.3 is 9.84 Å². The minimum absolute atomic E-state index is 0.0554. The summed E-state index contributed by atoms with van der Waals surface area (Å²) in [6, 6.07) is 20.9. The molecule has 0 amide bonds. The fraction of sp³-hybridized carbons (Fsp3) is 0.0833. The van der Waals surface area contributed by atoms with Gasteiger partial charge in [0.05, 0.1) is 24.2 Å². The lowest BCUT2D eigenvalue weighted by Crippen LogP contribution is -2.23. The molecule has 4 rings (SSSR count). The predicted molar refractivity (Wildman–Crippen MR) is 131 cm³/mol. The third-order valence-corrected chi connectivity index (χ3v) is 5.62. The van der Waals surface area contributed by atoms with E-state index in [-0.39, 0.29) is 10.5 Å². The molecule has 0 radical (unpaired) electrons. The molecule has 9 heteroatoms. The molecular formula is C24H19ClN4O3S. The van der Waals surface area contributed by atoms with Crippen LogP contribution in [0.3, 0.4) is 0 Å². The minimum Gasteiger partial charge on any atom is -0.497 e. The van der Waals surface area contributed by atoms with Crippen molar-refractivity contribution < 1.29 is 9.84 Å². The topological polar surface area (TPSA) is 81.1 Å². The van der Waals surface area contributed by atoms with Gasteiger partial charge in [0.1, 0.15) is 5.75 Å². The smallest absolute Gasteiger partial charge is 0.290 e. The SMILES string of the molecule is COc1ccc(-n2c(=O)c(N=Nc3ccccc3C)c(O)n(-c3ccc(Cl)cc3)c2=S)cc1. The molecule has 0 atom stereocenters. The van der Waals surface area contributed by atoms with Gasteiger partial charge in [0.2, 0.25) is 11.6 Å². The van der Waals surface area contributed by atoms with E-state index >= 15 is 0 Å². The summed E-state index contributed by atoms with van der Waals surface area (Å²) < 4.78 is 7.90. The van der Waals surface area contributed by atoms with E-state index < -0.39 is 11.4 Å². The molecule has 0 aliphatic heterocycles. The number of nitrogens with zero attached hydrogens (tertiary/aromatic N) is 4. The highest BCUT2D eigenvalue weighted by Crippen LogP contribution is 2.30. The van der Waals surface area contributed by atoms with Crippen LogP contribution in [0.2, 0.25) is 5.02 Å². The lowest BCUT2D eigenvalue weighted by atomic mass is 10.2. The lowest BCUT2D eigenvalue weighted by Gasteiger charge is -2.16. The summed E-state index contributed by atoms with van der Waals surface area (Å²) >= 11 is 11.6. The quantitative estimate of drug-likeness (QED) is 0.264. The monoisotopic (exact) mass is 478 g/mol. The maximum atomic E-state index is 13.4. The lowest BCUT2D eigenvalue weighted by molar-refractivity contribution is 0.414. The van der Waals surface area contributed by atoms with Crippen LogP contribution < -0.4 is 10.3 Å². The predicted octanol–water partition coefficient (Wildman–Crippen LogP) is 6.45. The van der Waals surface area contributed by atoms with Crippen LogP contribution >= 0.6 is 23.8 Å². The molecule has 7 nitrogen and oxygen atoms in total. The Morgan fingerprint density at radius 3 is 2.15 bits per heavy atom. The summed E-state index contributed by atoms with van der Waals surface area (Å²) in [6.07, 6.45) is 0. The van der Waals surface area contributed by atoms with Crippen LogP contribution in [0.25, 0.3) is 11.4 Å². The summed E-state index contributed by atoms with van der Waals surface area (Å²) in [4.78, 5) is 13.4. The normalized spacial score (nSPS) is 11.1. The van der Waals surface area contributed by atoms with Crippen LogP contribution in [-0.2, 0) is 0 Å². The average molecular weight is 479 g/mol. The molecule has 1 aromatic heterocycles. The van der Waals surface area contributed by atoms with Gasteiger partial charge in [-0.2, -0.15) is 0 Å². The van der Waals surface area contributed by atoms with E-state index in [4.69, 9.17) is 28.6 Å². The average Bonchev–Trinajstić information content (AvgIpc) is 2.82. The zero-order valence-electron chi connectivity index (χ0n) is 17.8. The van der Waals surface area contributed by atoms with Gasteiger partial charge in [-0.1, -0.05) is 29.8 Å². The minimum atomic E-state index is -0.606. The summed E-state index contributed by atoms with van der Waals surface area (Å²) in [7, 11) is 1.55. The molecular weight excluding hydrogens is 460 g/mol. The second-order valence-corrected chi connectivity index (χ2v) is 7.89. The van der Waals surface area contributed by atoms with Crippen molar-refractivity contribution in [3.63, 3.8) is 0 Å². The fourth-order valence-electron chi connectivity index (χ4n) is 3.23. The van der Waals surface area contributed by atoms with Crippen LogP contribution in [0.15, 0.2) is 87.8 Å². The van der Waals surface area contributed by atoms with Crippen molar-refractivity contribution in [1.29, 1.82) is 0 Å². The summed E-state index contributed by atoms with van der Waals surface area (Å²) in [5, 5.41) is 19.9. The molecule has 0 saturated carbocycles. The molecule has 3 aromatic carbocycles. The van der Waals surface area contributed by atoms with Crippen molar-refractivity contribution in [2.75, 3.05) is 7.11 Å². The number of halogens is 1. The molecule has 0 aliphatic rings. The molecule has 0 fully saturated rings. The molecule has 0 aliphatic carbocycles. The molecule has 1 N–H and O–H groups in total. The van der Waals surface area contributed by atoms with Gasteiger partial charge in [-0.25, -0.2) is 0 Å². The van der Waals surface area contributed by atoms with Crippen molar-refractivity contribution in [1.82, 2.24) is 9.13 Å². The number of azo groups is 1. The number of aromatic hydroxyl groups is 1. The van der Waals surface area contributed by atoms with E-state index in [1.165, 1.54) is 9.13 Å². The highest BCUT2D eigenvalue weighted by Gasteiger charge is 2.19. The second-order valence-electron chi connectivity index (χ2n) is 7.09. The van der Waals surface area contributed by atoms with Gasteiger partial charge in [-0.15, -0.1) is 10.2 Å². The first-order valence-corrected chi connectivity index (χ1v) is 10.7. The van der Waals surface area contributed by atoms with Gasteiger partial charge in [0, 0.05) is 5.02 Å². The summed E-state index contributed by atoms with van der Waals surface area (Å²) in [5.41, 5.74) is 1.59. The highest BCUT2D eigenvalue weighted by molar-refractivity contribution is 7.71. The summed E-state index contributed by atoms with van der Waals surface area (Å²) in [6.45, 7) is 1.88. The number of benzene rings is 3. The van der Waals surface area contributed by atoms with Gasteiger partial charge >= 0.3 is 0 Å².